The zero-order valence-electron chi connectivity index (χ0n) is 17.9. The molecule has 0 fully saturated rings. The fraction of sp³-hybridized carbons (Fsp3) is 0.120. The summed E-state index contributed by atoms with van der Waals surface area (Å²) in [6.07, 6.45) is 0.697. The second-order valence-electron chi connectivity index (χ2n) is 7.15. The van der Waals surface area contributed by atoms with Crippen LogP contribution in [0.2, 0.25) is 0 Å². The molecule has 0 unspecified atom stereocenters. The summed E-state index contributed by atoms with van der Waals surface area (Å²) in [6.45, 7) is 1.60. The molecule has 4 rings (SSSR count). The number of nitrogens with zero attached hydrogens (tertiary/aromatic N) is 3. The number of ether oxygens (including phenoxy) is 2. The second-order valence-corrected chi connectivity index (χ2v) is 8.06. The monoisotopic (exact) mass is 505 g/mol. The molecule has 0 aliphatic rings. The molecule has 4 aromatic rings. The maximum absolute atomic E-state index is 13.3. The van der Waals surface area contributed by atoms with E-state index in [0.29, 0.717) is 28.0 Å². The quantitative estimate of drug-likeness (QED) is 0.281. The van der Waals surface area contributed by atoms with Crippen LogP contribution in [0.4, 0.5) is 0 Å². The van der Waals surface area contributed by atoms with Crippen molar-refractivity contribution in [1.29, 1.82) is 0 Å². The molecule has 0 bridgehead atoms. The number of carbonyl (C=O) groups is 1. The molecule has 1 heterocycles. The van der Waals surface area contributed by atoms with Crippen LogP contribution in [0.5, 0.6) is 5.75 Å². The lowest BCUT2D eigenvalue weighted by atomic mass is 10.2. The largest absolute Gasteiger partial charge is 0.478 e. The van der Waals surface area contributed by atoms with Gasteiger partial charge in [-0.25, -0.2) is 9.78 Å². The maximum atomic E-state index is 13.3. The van der Waals surface area contributed by atoms with Gasteiger partial charge in [0, 0.05) is 15.6 Å². The third-order valence-electron chi connectivity index (χ3n) is 4.91. The Labute approximate surface area is 198 Å². The molecule has 3 aromatic carbocycles. The zero-order valence-corrected chi connectivity index (χ0v) is 19.5. The van der Waals surface area contributed by atoms with Crippen molar-refractivity contribution in [2.75, 3.05) is 7.11 Å². The Morgan fingerprint density at radius 1 is 1.09 bits per heavy atom. The lowest BCUT2D eigenvalue weighted by Crippen LogP contribution is -2.25. The van der Waals surface area contributed by atoms with E-state index < -0.39 is 12.1 Å². The number of esters is 1. The third kappa shape index (κ3) is 4.85. The Balaban J connectivity index is 1.84. The Kier molecular flexibility index (Phi) is 6.65. The summed E-state index contributed by atoms with van der Waals surface area (Å²) in [5.74, 6) is 0.334. The van der Waals surface area contributed by atoms with E-state index in [0.717, 1.165) is 10.0 Å². The van der Waals surface area contributed by atoms with Crippen LogP contribution < -0.4 is 10.3 Å². The molecule has 0 N–H and O–H groups in total. The molecule has 166 valence electrons. The van der Waals surface area contributed by atoms with Gasteiger partial charge in [-0.15, -0.1) is 0 Å². The van der Waals surface area contributed by atoms with Crippen LogP contribution in [0.25, 0.3) is 22.3 Å². The normalized spacial score (nSPS) is 12.1. The van der Waals surface area contributed by atoms with Gasteiger partial charge >= 0.3 is 5.97 Å². The van der Waals surface area contributed by atoms with Crippen LogP contribution in [0, 0.1) is 0 Å². The second kappa shape index (κ2) is 9.79. The van der Waals surface area contributed by atoms with Gasteiger partial charge in [0.15, 0.2) is 11.9 Å². The average Bonchev–Trinajstić information content (AvgIpc) is 2.84. The van der Waals surface area contributed by atoms with Crippen molar-refractivity contribution < 1.29 is 14.3 Å². The first kappa shape index (κ1) is 22.4. The molecule has 0 aliphatic heterocycles. The van der Waals surface area contributed by atoms with Gasteiger partial charge in [-0.1, -0.05) is 58.4 Å². The first-order valence-electron chi connectivity index (χ1n) is 10.1. The van der Waals surface area contributed by atoms with Gasteiger partial charge in [-0.3, -0.25) is 4.79 Å². The van der Waals surface area contributed by atoms with Gasteiger partial charge in [0.25, 0.3) is 5.56 Å². The van der Waals surface area contributed by atoms with Gasteiger partial charge in [-0.05, 0) is 37.3 Å². The fourth-order valence-corrected chi connectivity index (χ4v) is 3.64. The molecular weight excluding hydrogens is 486 g/mol. The lowest BCUT2D eigenvalue weighted by molar-refractivity contribution is -0.147. The van der Waals surface area contributed by atoms with Crippen LogP contribution in [0.15, 0.2) is 87.2 Å². The number of hydrogen-bond acceptors (Lipinski definition) is 6. The Morgan fingerprint density at radius 2 is 1.82 bits per heavy atom. The van der Waals surface area contributed by atoms with Gasteiger partial charge in [0.2, 0.25) is 0 Å². The van der Waals surface area contributed by atoms with Gasteiger partial charge in [0.05, 0.1) is 24.2 Å². The molecule has 33 heavy (non-hydrogen) atoms. The zero-order chi connectivity index (χ0) is 23.4. The Bertz CT molecular complexity index is 1400. The number of rotatable bonds is 6. The molecule has 0 radical (unpaired) electrons. The van der Waals surface area contributed by atoms with E-state index in [1.54, 1.807) is 43.3 Å². The van der Waals surface area contributed by atoms with E-state index in [1.807, 2.05) is 36.4 Å². The highest BCUT2D eigenvalue weighted by Gasteiger charge is 2.17. The molecule has 1 atom stereocenters. The van der Waals surface area contributed by atoms with E-state index in [1.165, 1.54) is 18.0 Å². The van der Waals surface area contributed by atoms with Crippen molar-refractivity contribution in [2.24, 2.45) is 5.10 Å². The minimum Gasteiger partial charge on any atom is -0.478 e. The number of fused-ring (bicyclic) bond motifs is 1. The maximum Gasteiger partial charge on any atom is 0.346 e. The van der Waals surface area contributed by atoms with E-state index in [2.05, 4.69) is 26.0 Å². The predicted octanol–water partition coefficient (Wildman–Crippen LogP) is 4.65. The molecule has 0 saturated carbocycles. The minimum absolute atomic E-state index is 0.295. The topological polar surface area (TPSA) is 82.8 Å². The fourth-order valence-electron chi connectivity index (χ4n) is 3.26. The highest BCUT2D eigenvalue weighted by atomic mass is 79.9. The van der Waals surface area contributed by atoms with Crippen molar-refractivity contribution in [3.63, 3.8) is 0 Å². The molecule has 8 heteroatoms. The SMILES string of the molecule is COC(=O)[C@H](C)Oc1ccc(Br)cc1C=Nn1c(-c2ccccc2)nc2ccccc2c1=O. The van der Waals surface area contributed by atoms with Gasteiger partial charge < -0.3 is 9.47 Å². The lowest BCUT2D eigenvalue weighted by Gasteiger charge is -2.14. The van der Waals surface area contributed by atoms with Crippen molar-refractivity contribution in [3.05, 3.63) is 93.2 Å². The summed E-state index contributed by atoms with van der Waals surface area (Å²) in [5, 5.41) is 4.93. The number of para-hydroxylation sites is 1. The molecule has 0 amide bonds. The van der Waals surface area contributed by atoms with E-state index in [4.69, 9.17) is 9.47 Å². The number of methoxy groups -OCH3 is 1. The smallest absolute Gasteiger partial charge is 0.346 e. The van der Waals surface area contributed by atoms with Crippen LogP contribution in [-0.2, 0) is 9.53 Å². The van der Waals surface area contributed by atoms with Crippen molar-refractivity contribution in [1.82, 2.24) is 9.66 Å². The summed E-state index contributed by atoms with van der Waals surface area (Å²) in [7, 11) is 1.30. The first-order valence-corrected chi connectivity index (χ1v) is 10.9. The minimum atomic E-state index is -0.812. The summed E-state index contributed by atoms with van der Waals surface area (Å²) in [5.41, 5.74) is 1.61. The molecule has 0 spiro atoms. The van der Waals surface area contributed by atoms with Crippen LogP contribution in [0.1, 0.15) is 12.5 Å². The van der Waals surface area contributed by atoms with E-state index >= 15 is 0 Å². The predicted molar refractivity (Wildman–Crippen MR) is 131 cm³/mol. The molecule has 0 saturated heterocycles. The van der Waals surface area contributed by atoms with Crippen molar-refractivity contribution in [3.8, 4) is 17.1 Å². The molecule has 0 aliphatic carbocycles. The summed E-state index contributed by atoms with van der Waals surface area (Å²) < 4.78 is 12.6. The number of hydrogen-bond donors (Lipinski definition) is 0. The number of halogens is 1. The van der Waals surface area contributed by atoms with Crippen molar-refractivity contribution in [2.45, 2.75) is 13.0 Å². The summed E-state index contributed by atoms with van der Waals surface area (Å²) in [4.78, 5) is 29.8. The third-order valence-corrected chi connectivity index (χ3v) is 5.40. The van der Waals surface area contributed by atoms with E-state index in [9.17, 15) is 9.59 Å². The van der Waals surface area contributed by atoms with Crippen LogP contribution in [-0.4, -0.2) is 35.1 Å². The van der Waals surface area contributed by atoms with Crippen LogP contribution >= 0.6 is 15.9 Å². The Hall–Kier alpha value is -3.78. The average molecular weight is 506 g/mol. The van der Waals surface area contributed by atoms with Crippen LogP contribution in [0.3, 0.4) is 0 Å². The number of carbonyl (C=O) groups excluding carboxylic acids is 1. The first-order chi connectivity index (χ1) is 16.0. The molecule has 7 nitrogen and oxygen atoms in total. The highest BCUT2D eigenvalue weighted by Crippen LogP contribution is 2.24. The van der Waals surface area contributed by atoms with E-state index in [-0.39, 0.29) is 5.56 Å². The van der Waals surface area contributed by atoms with Crippen molar-refractivity contribution >= 4 is 39.0 Å². The summed E-state index contributed by atoms with van der Waals surface area (Å²) >= 11 is 3.44. The molecule has 1 aromatic heterocycles. The Morgan fingerprint density at radius 3 is 2.58 bits per heavy atom. The number of benzene rings is 3. The highest BCUT2D eigenvalue weighted by molar-refractivity contribution is 9.10. The van der Waals surface area contributed by atoms with Gasteiger partial charge in [0.1, 0.15) is 5.75 Å². The summed E-state index contributed by atoms with van der Waals surface area (Å²) in [6, 6.07) is 21.8. The standard InChI is InChI=1S/C25H20BrN3O4/c1-16(25(31)32-2)33-22-13-12-19(26)14-18(22)15-27-29-23(17-8-4-3-5-9-17)28-21-11-7-6-10-20(21)24(29)30/h3-16H,1-2H3/t16-/m0/s1. The number of aromatic nitrogens is 2. The molecular formula is C25H20BrN3O4. The van der Waals surface area contributed by atoms with Gasteiger partial charge in [-0.2, -0.15) is 9.78 Å².